The van der Waals surface area contributed by atoms with Crippen molar-refractivity contribution < 1.29 is 9.53 Å². The van der Waals surface area contributed by atoms with Gasteiger partial charge in [-0.15, -0.1) is 0 Å². The van der Waals surface area contributed by atoms with Crippen LogP contribution in [0.3, 0.4) is 0 Å². The van der Waals surface area contributed by atoms with Crippen LogP contribution in [0.2, 0.25) is 0 Å². The molecule has 1 rings (SSSR count). The number of ether oxygens (including phenoxy) is 1. The maximum absolute atomic E-state index is 11.3. The minimum atomic E-state index is -0.385. The van der Waals surface area contributed by atoms with Crippen molar-refractivity contribution in [1.82, 2.24) is 5.32 Å². The quantitative estimate of drug-likeness (QED) is 0.650. The zero-order valence-electron chi connectivity index (χ0n) is 8.30. The second-order valence-electron chi connectivity index (χ2n) is 3.81. The number of carbonyl (C=O) groups excluding carboxylic acids is 1. The summed E-state index contributed by atoms with van der Waals surface area (Å²) < 4.78 is 4.88. The van der Waals surface area contributed by atoms with Gasteiger partial charge in [-0.25, -0.2) is 0 Å². The topological polar surface area (TPSA) is 64.3 Å². The van der Waals surface area contributed by atoms with Gasteiger partial charge >= 0.3 is 0 Å². The maximum atomic E-state index is 11.3. The first-order valence-electron chi connectivity index (χ1n) is 4.67. The fourth-order valence-corrected chi connectivity index (χ4v) is 1.32. The van der Waals surface area contributed by atoms with E-state index in [0.717, 1.165) is 12.8 Å². The Labute approximate surface area is 78.8 Å². The monoisotopic (exact) mass is 186 g/mol. The highest BCUT2D eigenvalue weighted by Crippen LogP contribution is 2.27. The van der Waals surface area contributed by atoms with Crippen molar-refractivity contribution in [2.45, 2.75) is 37.8 Å². The molecular weight excluding hydrogens is 168 g/mol. The lowest BCUT2D eigenvalue weighted by molar-refractivity contribution is -0.130. The van der Waals surface area contributed by atoms with Crippen LogP contribution in [0.15, 0.2) is 0 Å². The van der Waals surface area contributed by atoms with Crippen LogP contribution in [-0.2, 0) is 9.53 Å². The second-order valence-corrected chi connectivity index (χ2v) is 3.81. The van der Waals surface area contributed by atoms with Gasteiger partial charge in [0.2, 0.25) is 5.91 Å². The van der Waals surface area contributed by atoms with E-state index in [1.165, 1.54) is 13.5 Å². The van der Waals surface area contributed by atoms with Gasteiger partial charge in [0.25, 0.3) is 0 Å². The highest BCUT2D eigenvalue weighted by molar-refractivity contribution is 5.80. The van der Waals surface area contributed by atoms with E-state index in [2.05, 4.69) is 5.32 Å². The van der Waals surface area contributed by atoms with E-state index in [-0.39, 0.29) is 17.6 Å². The summed E-state index contributed by atoms with van der Waals surface area (Å²) in [6.07, 6.45) is 2.80. The molecule has 1 amide bonds. The van der Waals surface area contributed by atoms with Crippen molar-refractivity contribution in [3.63, 3.8) is 0 Å². The molecule has 0 bridgehead atoms. The first-order valence-corrected chi connectivity index (χ1v) is 4.67. The van der Waals surface area contributed by atoms with Crippen LogP contribution in [-0.4, -0.2) is 31.2 Å². The number of nitrogens with one attached hydrogen (secondary N) is 1. The molecule has 1 saturated carbocycles. The van der Waals surface area contributed by atoms with Crippen LogP contribution in [0, 0.1) is 0 Å². The highest BCUT2D eigenvalue weighted by Gasteiger charge is 2.32. The van der Waals surface area contributed by atoms with Gasteiger partial charge in [0, 0.05) is 19.2 Å². The molecule has 1 aliphatic rings. The van der Waals surface area contributed by atoms with Crippen molar-refractivity contribution in [3.8, 4) is 0 Å². The van der Waals surface area contributed by atoms with Gasteiger partial charge in [-0.2, -0.15) is 0 Å². The summed E-state index contributed by atoms with van der Waals surface area (Å²) in [5.74, 6) is -0.0841. The fourth-order valence-electron chi connectivity index (χ4n) is 1.32. The van der Waals surface area contributed by atoms with Gasteiger partial charge in [0.1, 0.15) is 6.10 Å². The van der Waals surface area contributed by atoms with Crippen molar-refractivity contribution in [1.29, 1.82) is 0 Å². The van der Waals surface area contributed by atoms with Crippen LogP contribution < -0.4 is 11.1 Å². The summed E-state index contributed by atoms with van der Waals surface area (Å²) >= 11 is 0. The average Bonchev–Trinajstić information content (AvgIpc) is 2.09. The lowest BCUT2D eigenvalue weighted by atomic mass is 9.78. The second kappa shape index (κ2) is 4.07. The standard InChI is InChI=1S/C9H18N2O2/c1-7(13-2)8(12)11-6-9(10)4-3-5-9/h7H,3-6,10H2,1-2H3,(H,11,12). The smallest absolute Gasteiger partial charge is 0.248 e. The van der Waals surface area contributed by atoms with Crippen molar-refractivity contribution in [3.05, 3.63) is 0 Å². The van der Waals surface area contributed by atoms with E-state index >= 15 is 0 Å². The molecule has 76 valence electrons. The number of hydrogen-bond acceptors (Lipinski definition) is 3. The minimum absolute atomic E-state index is 0.0841. The Bertz CT molecular complexity index is 190. The van der Waals surface area contributed by atoms with Crippen LogP contribution >= 0.6 is 0 Å². The number of carbonyl (C=O) groups is 1. The molecule has 1 aliphatic carbocycles. The average molecular weight is 186 g/mol. The zero-order chi connectivity index (χ0) is 9.90. The predicted molar refractivity (Wildman–Crippen MR) is 50.3 cm³/mol. The molecule has 13 heavy (non-hydrogen) atoms. The molecule has 1 atom stereocenters. The Morgan fingerprint density at radius 3 is 2.69 bits per heavy atom. The van der Waals surface area contributed by atoms with Crippen LogP contribution in [0.25, 0.3) is 0 Å². The third-order valence-corrected chi connectivity index (χ3v) is 2.69. The van der Waals surface area contributed by atoms with E-state index in [4.69, 9.17) is 10.5 Å². The molecule has 4 heteroatoms. The first kappa shape index (κ1) is 10.5. The number of rotatable bonds is 4. The molecule has 0 aliphatic heterocycles. The molecule has 1 fully saturated rings. The lowest BCUT2D eigenvalue weighted by Gasteiger charge is -2.38. The summed E-state index contributed by atoms with van der Waals surface area (Å²) in [5, 5.41) is 2.79. The van der Waals surface area contributed by atoms with Gasteiger partial charge in [0.05, 0.1) is 0 Å². The number of methoxy groups -OCH3 is 1. The molecule has 0 aromatic heterocycles. The Hall–Kier alpha value is -0.610. The van der Waals surface area contributed by atoms with Crippen molar-refractivity contribution in [2.24, 2.45) is 5.73 Å². The third-order valence-electron chi connectivity index (χ3n) is 2.69. The van der Waals surface area contributed by atoms with Crippen LogP contribution in [0.1, 0.15) is 26.2 Å². The van der Waals surface area contributed by atoms with Gasteiger partial charge in [0.15, 0.2) is 0 Å². The largest absolute Gasteiger partial charge is 0.372 e. The molecule has 0 aromatic carbocycles. The third kappa shape index (κ3) is 2.67. The van der Waals surface area contributed by atoms with Crippen molar-refractivity contribution >= 4 is 5.91 Å². The first-order chi connectivity index (χ1) is 6.07. The molecular formula is C9H18N2O2. The van der Waals surface area contributed by atoms with E-state index in [9.17, 15) is 4.79 Å². The molecule has 0 saturated heterocycles. The zero-order valence-corrected chi connectivity index (χ0v) is 8.30. The lowest BCUT2D eigenvalue weighted by Crippen LogP contribution is -2.55. The van der Waals surface area contributed by atoms with Gasteiger partial charge in [-0.1, -0.05) is 0 Å². The summed E-state index contributed by atoms with van der Waals surface area (Å²) in [7, 11) is 1.52. The van der Waals surface area contributed by atoms with E-state index in [1.54, 1.807) is 6.92 Å². The summed E-state index contributed by atoms with van der Waals surface area (Å²) in [6, 6.07) is 0. The van der Waals surface area contributed by atoms with E-state index < -0.39 is 0 Å². The van der Waals surface area contributed by atoms with Crippen molar-refractivity contribution in [2.75, 3.05) is 13.7 Å². The molecule has 4 nitrogen and oxygen atoms in total. The Balaban J connectivity index is 2.21. The Kier molecular flexibility index (Phi) is 3.27. The number of nitrogens with two attached hydrogens (primary N) is 1. The molecule has 3 N–H and O–H groups in total. The molecule has 1 unspecified atom stereocenters. The molecule has 0 aromatic rings. The van der Waals surface area contributed by atoms with Gasteiger partial charge in [-0.3, -0.25) is 4.79 Å². The summed E-state index contributed by atoms with van der Waals surface area (Å²) in [4.78, 5) is 11.3. The summed E-state index contributed by atoms with van der Waals surface area (Å²) in [5.41, 5.74) is 5.79. The predicted octanol–water partition coefficient (Wildman–Crippen LogP) is 0.0189. The Morgan fingerprint density at radius 1 is 1.69 bits per heavy atom. The maximum Gasteiger partial charge on any atom is 0.248 e. The molecule has 0 heterocycles. The number of hydrogen-bond donors (Lipinski definition) is 2. The SMILES string of the molecule is COC(C)C(=O)NCC1(N)CCC1. The van der Waals surface area contributed by atoms with Gasteiger partial charge in [-0.05, 0) is 26.2 Å². The van der Waals surface area contributed by atoms with E-state index in [1.807, 2.05) is 0 Å². The Morgan fingerprint density at radius 2 is 2.31 bits per heavy atom. The normalized spacial score (nSPS) is 21.8. The molecule has 0 spiro atoms. The fraction of sp³-hybridized carbons (Fsp3) is 0.889. The van der Waals surface area contributed by atoms with Crippen LogP contribution in [0.5, 0.6) is 0 Å². The highest BCUT2D eigenvalue weighted by atomic mass is 16.5. The minimum Gasteiger partial charge on any atom is -0.372 e. The van der Waals surface area contributed by atoms with Gasteiger partial charge < -0.3 is 15.8 Å². The van der Waals surface area contributed by atoms with E-state index in [0.29, 0.717) is 6.54 Å². The molecule has 0 radical (unpaired) electrons. The summed E-state index contributed by atoms with van der Waals surface area (Å²) in [6.45, 7) is 2.29. The van der Waals surface area contributed by atoms with Crippen LogP contribution in [0.4, 0.5) is 0 Å². The number of amides is 1.